The Morgan fingerprint density at radius 3 is 2.62 bits per heavy atom. The number of aliphatic hydroxyl groups is 1. The van der Waals surface area contributed by atoms with Gasteiger partial charge in [-0.1, -0.05) is 19.8 Å². The third-order valence-electron chi connectivity index (χ3n) is 5.45. The van der Waals surface area contributed by atoms with Crippen molar-refractivity contribution >= 4 is 0 Å². The Morgan fingerprint density at radius 1 is 1.14 bits per heavy atom. The van der Waals surface area contributed by atoms with E-state index in [0.29, 0.717) is 6.04 Å². The minimum absolute atomic E-state index is 0.0484. The SMILES string of the molecule is CCC1CCCN(CCCCC(C)(CO)NC2CC2)CC1. The van der Waals surface area contributed by atoms with Crippen molar-refractivity contribution in [2.75, 3.05) is 26.2 Å². The van der Waals surface area contributed by atoms with Gasteiger partial charge in [0.15, 0.2) is 0 Å². The lowest BCUT2D eigenvalue weighted by molar-refractivity contribution is 0.158. The summed E-state index contributed by atoms with van der Waals surface area (Å²) in [6.45, 7) is 8.64. The lowest BCUT2D eigenvalue weighted by Gasteiger charge is -2.29. The minimum atomic E-state index is -0.0484. The van der Waals surface area contributed by atoms with E-state index in [1.165, 1.54) is 71.0 Å². The largest absolute Gasteiger partial charge is 0.394 e. The van der Waals surface area contributed by atoms with Crippen LogP contribution in [-0.2, 0) is 0 Å². The fourth-order valence-electron chi connectivity index (χ4n) is 3.62. The first-order valence-corrected chi connectivity index (χ1v) is 9.26. The zero-order valence-electron chi connectivity index (χ0n) is 14.2. The summed E-state index contributed by atoms with van der Waals surface area (Å²) < 4.78 is 0. The maximum atomic E-state index is 9.63. The van der Waals surface area contributed by atoms with Crippen molar-refractivity contribution in [1.82, 2.24) is 10.2 Å². The van der Waals surface area contributed by atoms with Crippen molar-refractivity contribution in [3.05, 3.63) is 0 Å². The van der Waals surface area contributed by atoms with Crippen LogP contribution in [0.25, 0.3) is 0 Å². The molecule has 3 heteroatoms. The molecule has 2 fully saturated rings. The molecular formula is C18H36N2O. The normalized spacial score (nSPS) is 27.3. The molecule has 1 aliphatic heterocycles. The summed E-state index contributed by atoms with van der Waals surface area (Å²) in [6, 6.07) is 0.679. The van der Waals surface area contributed by atoms with E-state index in [-0.39, 0.29) is 12.1 Å². The molecule has 1 heterocycles. The number of rotatable bonds is 9. The molecule has 2 atom stereocenters. The second kappa shape index (κ2) is 8.50. The fraction of sp³-hybridized carbons (Fsp3) is 1.00. The van der Waals surface area contributed by atoms with Crippen LogP contribution < -0.4 is 5.32 Å². The molecule has 3 nitrogen and oxygen atoms in total. The van der Waals surface area contributed by atoms with Gasteiger partial charge >= 0.3 is 0 Å². The van der Waals surface area contributed by atoms with Crippen molar-refractivity contribution < 1.29 is 5.11 Å². The first-order valence-electron chi connectivity index (χ1n) is 9.26. The van der Waals surface area contributed by atoms with Crippen LogP contribution in [0.3, 0.4) is 0 Å². The standard InChI is InChI=1S/C18H36N2O/c1-3-16-7-6-13-20(14-10-16)12-5-4-11-18(2,15-21)19-17-8-9-17/h16-17,19,21H,3-15H2,1-2H3. The van der Waals surface area contributed by atoms with E-state index in [4.69, 9.17) is 0 Å². The van der Waals surface area contributed by atoms with Crippen molar-refractivity contribution in [2.24, 2.45) is 5.92 Å². The van der Waals surface area contributed by atoms with Gasteiger partial charge in [-0.3, -0.25) is 0 Å². The van der Waals surface area contributed by atoms with Crippen LogP contribution in [0, 0.1) is 5.92 Å². The fourth-order valence-corrected chi connectivity index (χ4v) is 3.62. The highest BCUT2D eigenvalue weighted by atomic mass is 16.3. The summed E-state index contributed by atoms with van der Waals surface area (Å²) >= 11 is 0. The monoisotopic (exact) mass is 296 g/mol. The van der Waals surface area contributed by atoms with Gasteiger partial charge < -0.3 is 15.3 Å². The molecular weight excluding hydrogens is 260 g/mol. The first-order chi connectivity index (χ1) is 10.1. The molecule has 0 spiro atoms. The summed E-state index contributed by atoms with van der Waals surface area (Å²) in [6.07, 6.45) is 11.8. The van der Waals surface area contributed by atoms with Gasteiger partial charge in [0, 0.05) is 11.6 Å². The van der Waals surface area contributed by atoms with Gasteiger partial charge in [-0.2, -0.15) is 0 Å². The number of nitrogens with one attached hydrogen (secondary N) is 1. The van der Waals surface area contributed by atoms with Gasteiger partial charge in [-0.15, -0.1) is 0 Å². The Hall–Kier alpha value is -0.120. The Labute approximate surface area is 131 Å². The van der Waals surface area contributed by atoms with Crippen LogP contribution in [0.1, 0.15) is 71.6 Å². The lowest BCUT2D eigenvalue weighted by Crippen LogP contribution is -2.47. The Bertz CT molecular complexity index is 293. The van der Waals surface area contributed by atoms with Crippen LogP contribution >= 0.6 is 0 Å². The number of hydrogen-bond donors (Lipinski definition) is 2. The highest BCUT2D eigenvalue weighted by Gasteiger charge is 2.31. The van der Waals surface area contributed by atoms with Crippen LogP contribution in [0.4, 0.5) is 0 Å². The molecule has 1 saturated carbocycles. The van der Waals surface area contributed by atoms with Gasteiger partial charge in [0.05, 0.1) is 6.61 Å². The molecule has 1 aliphatic carbocycles. The molecule has 0 amide bonds. The second-order valence-corrected chi connectivity index (χ2v) is 7.64. The highest BCUT2D eigenvalue weighted by molar-refractivity contribution is 4.92. The molecule has 0 bridgehead atoms. The number of hydrogen-bond acceptors (Lipinski definition) is 3. The summed E-state index contributed by atoms with van der Waals surface area (Å²) in [7, 11) is 0. The van der Waals surface area contributed by atoms with E-state index in [0.717, 1.165) is 12.3 Å². The molecule has 2 aliphatic rings. The second-order valence-electron chi connectivity index (χ2n) is 7.64. The summed E-state index contributed by atoms with van der Waals surface area (Å²) in [4.78, 5) is 2.67. The molecule has 2 rings (SSSR count). The molecule has 0 aromatic rings. The third kappa shape index (κ3) is 6.25. The smallest absolute Gasteiger partial charge is 0.0610 e. The average Bonchev–Trinajstić information content (AvgIpc) is 3.30. The predicted molar refractivity (Wildman–Crippen MR) is 89.6 cm³/mol. The maximum Gasteiger partial charge on any atom is 0.0610 e. The zero-order valence-corrected chi connectivity index (χ0v) is 14.2. The molecule has 124 valence electrons. The van der Waals surface area contributed by atoms with Crippen LogP contribution in [0.2, 0.25) is 0 Å². The molecule has 0 aromatic carbocycles. The van der Waals surface area contributed by atoms with Crippen molar-refractivity contribution in [3.63, 3.8) is 0 Å². The van der Waals surface area contributed by atoms with Crippen LogP contribution in [0.5, 0.6) is 0 Å². The highest BCUT2D eigenvalue weighted by Crippen LogP contribution is 2.25. The summed E-state index contributed by atoms with van der Waals surface area (Å²) in [5.74, 6) is 0.968. The van der Waals surface area contributed by atoms with E-state index in [2.05, 4.69) is 24.1 Å². The van der Waals surface area contributed by atoms with Crippen molar-refractivity contribution in [2.45, 2.75) is 83.2 Å². The van der Waals surface area contributed by atoms with E-state index >= 15 is 0 Å². The Kier molecular flexibility index (Phi) is 6.97. The lowest BCUT2D eigenvalue weighted by atomic mass is 9.95. The Morgan fingerprint density at radius 2 is 1.95 bits per heavy atom. The van der Waals surface area contributed by atoms with Gasteiger partial charge in [-0.25, -0.2) is 0 Å². The van der Waals surface area contributed by atoms with E-state index in [1.54, 1.807) is 0 Å². The third-order valence-corrected chi connectivity index (χ3v) is 5.45. The van der Waals surface area contributed by atoms with Gasteiger partial charge in [-0.05, 0) is 77.4 Å². The number of likely N-dealkylation sites (tertiary alicyclic amines) is 1. The molecule has 2 N–H and O–H groups in total. The number of nitrogens with zero attached hydrogens (tertiary/aromatic N) is 1. The predicted octanol–water partition coefficient (Wildman–Crippen LogP) is 3.17. The Balaban J connectivity index is 1.59. The quantitative estimate of drug-likeness (QED) is 0.642. The average molecular weight is 296 g/mol. The molecule has 1 saturated heterocycles. The topological polar surface area (TPSA) is 35.5 Å². The van der Waals surface area contributed by atoms with Gasteiger partial charge in [0.25, 0.3) is 0 Å². The molecule has 2 unspecified atom stereocenters. The number of unbranched alkanes of at least 4 members (excludes halogenated alkanes) is 1. The zero-order chi connectivity index (χ0) is 15.1. The van der Waals surface area contributed by atoms with E-state index in [9.17, 15) is 5.11 Å². The molecule has 21 heavy (non-hydrogen) atoms. The van der Waals surface area contributed by atoms with Crippen LogP contribution in [-0.4, -0.2) is 47.8 Å². The van der Waals surface area contributed by atoms with Gasteiger partial charge in [0.2, 0.25) is 0 Å². The summed E-state index contributed by atoms with van der Waals surface area (Å²) in [5.41, 5.74) is -0.0484. The minimum Gasteiger partial charge on any atom is -0.394 e. The molecule has 0 aromatic heterocycles. The van der Waals surface area contributed by atoms with Gasteiger partial charge in [0.1, 0.15) is 0 Å². The van der Waals surface area contributed by atoms with E-state index < -0.39 is 0 Å². The molecule has 0 radical (unpaired) electrons. The van der Waals surface area contributed by atoms with E-state index in [1.807, 2.05) is 0 Å². The van der Waals surface area contributed by atoms with Crippen molar-refractivity contribution in [3.8, 4) is 0 Å². The maximum absolute atomic E-state index is 9.63. The first kappa shape index (κ1) is 17.2. The van der Waals surface area contributed by atoms with Crippen molar-refractivity contribution in [1.29, 1.82) is 0 Å². The number of aliphatic hydroxyl groups excluding tert-OH is 1. The van der Waals surface area contributed by atoms with Crippen LogP contribution in [0.15, 0.2) is 0 Å². The summed E-state index contributed by atoms with van der Waals surface area (Å²) in [5, 5.41) is 13.2.